The van der Waals surface area contributed by atoms with Crippen LogP contribution >= 0.6 is 0 Å². The summed E-state index contributed by atoms with van der Waals surface area (Å²) in [6.07, 6.45) is 1.08. The third kappa shape index (κ3) is 2.55. The van der Waals surface area contributed by atoms with Crippen LogP contribution in [-0.2, 0) is 0 Å². The van der Waals surface area contributed by atoms with Crippen molar-refractivity contribution in [2.75, 3.05) is 18.0 Å². The van der Waals surface area contributed by atoms with Gasteiger partial charge in [0.25, 0.3) is 5.69 Å². The van der Waals surface area contributed by atoms with Crippen molar-refractivity contribution in [1.29, 1.82) is 0 Å². The number of nitro benzene ring substituents is 1. The van der Waals surface area contributed by atoms with Crippen LogP contribution in [-0.4, -0.2) is 29.2 Å². The normalized spacial score (nSPS) is 17.2. The molecule has 0 unspecified atom stereocenters. The Bertz CT molecular complexity index is 426. The minimum Gasteiger partial charge on any atom is -0.393 e. The van der Waals surface area contributed by atoms with Gasteiger partial charge in [-0.15, -0.1) is 0 Å². The Morgan fingerprint density at radius 3 is 2.65 bits per heavy atom. The summed E-state index contributed by atoms with van der Waals surface area (Å²) in [5.41, 5.74) is 1.70. The van der Waals surface area contributed by atoms with Gasteiger partial charge < -0.3 is 10.0 Å². The molecular weight excluding hydrogens is 220 g/mol. The molecule has 1 saturated heterocycles. The molecule has 5 heteroatoms. The van der Waals surface area contributed by atoms with Gasteiger partial charge in [-0.3, -0.25) is 10.1 Å². The van der Waals surface area contributed by atoms with E-state index in [9.17, 15) is 15.2 Å². The summed E-state index contributed by atoms with van der Waals surface area (Å²) in [7, 11) is 0. The first-order valence-corrected chi connectivity index (χ1v) is 5.76. The molecule has 92 valence electrons. The summed E-state index contributed by atoms with van der Waals surface area (Å²) in [5.74, 6) is 0. The van der Waals surface area contributed by atoms with Crippen LogP contribution in [0.5, 0.6) is 0 Å². The number of anilines is 1. The van der Waals surface area contributed by atoms with Gasteiger partial charge in [0.15, 0.2) is 0 Å². The fourth-order valence-corrected chi connectivity index (χ4v) is 2.15. The fourth-order valence-electron chi connectivity index (χ4n) is 2.15. The van der Waals surface area contributed by atoms with Crippen molar-refractivity contribution in [3.63, 3.8) is 0 Å². The number of nitrogens with zero attached hydrogens (tertiary/aromatic N) is 2. The van der Waals surface area contributed by atoms with E-state index in [4.69, 9.17) is 0 Å². The Morgan fingerprint density at radius 1 is 1.41 bits per heavy atom. The van der Waals surface area contributed by atoms with Gasteiger partial charge in [-0.2, -0.15) is 0 Å². The molecule has 1 aromatic rings. The second-order valence-electron chi connectivity index (χ2n) is 4.47. The number of piperidine rings is 1. The molecule has 0 radical (unpaired) electrons. The minimum atomic E-state index is -0.340. The van der Waals surface area contributed by atoms with Gasteiger partial charge >= 0.3 is 0 Å². The van der Waals surface area contributed by atoms with Crippen LogP contribution < -0.4 is 4.90 Å². The molecule has 0 amide bonds. The molecule has 0 bridgehead atoms. The van der Waals surface area contributed by atoms with Crippen molar-refractivity contribution in [2.24, 2.45) is 0 Å². The first kappa shape index (κ1) is 11.9. The Balaban J connectivity index is 2.28. The van der Waals surface area contributed by atoms with Crippen LogP contribution in [0.4, 0.5) is 11.4 Å². The average molecular weight is 236 g/mol. The Morgan fingerprint density at radius 2 is 2.06 bits per heavy atom. The van der Waals surface area contributed by atoms with E-state index in [0.29, 0.717) is 31.6 Å². The largest absolute Gasteiger partial charge is 0.393 e. The molecule has 1 aliphatic heterocycles. The van der Waals surface area contributed by atoms with Crippen molar-refractivity contribution in [2.45, 2.75) is 25.9 Å². The van der Waals surface area contributed by atoms with E-state index in [2.05, 4.69) is 0 Å². The number of aliphatic hydroxyl groups excluding tert-OH is 1. The van der Waals surface area contributed by atoms with Gasteiger partial charge in [0, 0.05) is 19.2 Å². The Kier molecular flexibility index (Phi) is 3.28. The summed E-state index contributed by atoms with van der Waals surface area (Å²) >= 11 is 0. The SMILES string of the molecule is Cc1ccc(N2CCC(O)CC2)c([N+](=O)[O-])c1. The van der Waals surface area contributed by atoms with E-state index in [0.717, 1.165) is 5.56 Å². The summed E-state index contributed by atoms with van der Waals surface area (Å²) in [6.45, 7) is 3.19. The topological polar surface area (TPSA) is 66.6 Å². The molecule has 0 saturated carbocycles. The molecule has 2 rings (SSSR count). The van der Waals surface area contributed by atoms with Crippen LogP contribution in [0.3, 0.4) is 0 Å². The number of hydrogen-bond acceptors (Lipinski definition) is 4. The highest BCUT2D eigenvalue weighted by molar-refractivity contribution is 5.64. The zero-order chi connectivity index (χ0) is 12.4. The predicted molar refractivity (Wildman–Crippen MR) is 65.3 cm³/mol. The lowest BCUT2D eigenvalue weighted by molar-refractivity contribution is -0.384. The third-order valence-corrected chi connectivity index (χ3v) is 3.13. The molecule has 0 atom stereocenters. The molecule has 1 N–H and O–H groups in total. The monoisotopic (exact) mass is 236 g/mol. The van der Waals surface area contributed by atoms with Crippen molar-refractivity contribution in [3.8, 4) is 0 Å². The molecule has 5 nitrogen and oxygen atoms in total. The van der Waals surface area contributed by atoms with E-state index in [1.54, 1.807) is 12.1 Å². The minimum absolute atomic E-state index is 0.154. The maximum atomic E-state index is 11.0. The van der Waals surface area contributed by atoms with E-state index < -0.39 is 0 Å². The van der Waals surface area contributed by atoms with E-state index >= 15 is 0 Å². The second-order valence-corrected chi connectivity index (χ2v) is 4.47. The highest BCUT2D eigenvalue weighted by atomic mass is 16.6. The molecule has 1 fully saturated rings. The van der Waals surface area contributed by atoms with Crippen LogP contribution in [0.2, 0.25) is 0 Å². The van der Waals surface area contributed by atoms with Crippen molar-refractivity contribution in [1.82, 2.24) is 0 Å². The lowest BCUT2D eigenvalue weighted by Crippen LogP contribution is -2.36. The summed E-state index contributed by atoms with van der Waals surface area (Å²) < 4.78 is 0. The zero-order valence-corrected chi connectivity index (χ0v) is 9.80. The third-order valence-electron chi connectivity index (χ3n) is 3.13. The molecule has 1 aromatic carbocycles. The van der Waals surface area contributed by atoms with Gasteiger partial charge in [0.1, 0.15) is 5.69 Å². The molecule has 17 heavy (non-hydrogen) atoms. The molecule has 0 spiro atoms. The Hall–Kier alpha value is -1.62. The summed E-state index contributed by atoms with van der Waals surface area (Å²) in [4.78, 5) is 12.6. The zero-order valence-electron chi connectivity index (χ0n) is 9.80. The van der Waals surface area contributed by atoms with E-state index in [1.807, 2.05) is 17.9 Å². The summed E-state index contributed by atoms with van der Waals surface area (Å²) in [5, 5.41) is 20.4. The van der Waals surface area contributed by atoms with Gasteiger partial charge in [0.05, 0.1) is 11.0 Å². The number of hydrogen-bond donors (Lipinski definition) is 1. The van der Waals surface area contributed by atoms with Crippen LogP contribution in [0.25, 0.3) is 0 Å². The van der Waals surface area contributed by atoms with Crippen LogP contribution in [0.15, 0.2) is 18.2 Å². The maximum Gasteiger partial charge on any atom is 0.292 e. The predicted octanol–water partition coefficient (Wildman–Crippen LogP) is 1.86. The van der Waals surface area contributed by atoms with Gasteiger partial charge in [0.2, 0.25) is 0 Å². The van der Waals surface area contributed by atoms with Crippen molar-refractivity contribution >= 4 is 11.4 Å². The molecule has 0 aromatic heterocycles. The van der Waals surface area contributed by atoms with Crippen LogP contribution in [0, 0.1) is 17.0 Å². The summed E-state index contributed by atoms with van der Waals surface area (Å²) in [6, 6.07) is 5.28. The molecule has 0 aliphatic carbocycles. The van der Waals surface area contributed by atoms with Gasteiger partial charge in [-0.1, -0.05) is 6.07 Å². The Labute approximate surface area is 99.8 Å². The van der Waals surface area contributed by atoms with Crippen LogP contribution in [0.1, 0.15) is 18.4 Å². The number of aryl methyl sites for hydroxylation is 1. The first-order chi connectivity index (χ1) is 8.08. The highest BCUT2D eigenvalue weighted by Gasteiger charge is 2.23. The number of benzene rings is 1. The van der Waals surface area contributed by atoms with Gasteiger partial charge in [-0.25, -0.2) is 0 Å². The standard InChI is InChI=1S/C12H16N2O3/c1-9-2-3-11(12(8-9)14(16)17)13-6-4-10(15)5-7-13/h2-3,8,10,15H,4-7H2,1H3. The second kappa shape index (κ2) is 4.71. The quantitative estimate of drug-likeness (QED) is 0.628. The van der Waals surface area contributed by atoms with E-state index in [1.165, 1.54) is 0 Å². The number of nitro groups is 1. The molecule has 1 heterocycles. The van der Waals surface area contributed by atoms with Gasteiger partial charge in [-0.05, 0) is 31.4 Å². The average Bonchev–Trinajstić information content (AvgIpc) is 2.30. The molecule has 1 aliphatic rings. The van der Waals surface area contributed by atoms with E-state index in [-0.39, 0.29) is 16.7 Å². The lowest BCUT2D eigenvalue weighted by atomic mass is 10.1. The van der Waals surface area contributed by atoms with Crippen molar-refractivity contribution < 1.29 is 10.0 Å². The number of aliphatic hydroxyl groups is 1. The smallest absolute Gasteiger partial charge is 0.292 e. The van der Waals surface area contributed by atoms with Crippen molar-refractivity contribution in [3.05, 3.63) is 33.9 Å². The maximum absolute atomic E-state index is 11.0. The number of rotatable bonds is 2. The lowest BCUT2D eigenvalue weighted by Gasteiger charge is -2.31. The fraction of sp³-hybridized carbons (Fsp3) is 0.500. The molecular formula is C12H16N2O3. The highest BCUT2D eigenvalue weighted by Crippen LogP contribution is 2.31. The first-order valence-electron chi connectivity index (χ1n) is 5.76.